The van der Waals surface area contributed by atoms with Gasteiger partial charge in [-0.15, -0.1) is 0 Å². The van der Waals surface area contributed by atoms with Crippen LogP contribution >= 0.6 is 0 Å². The maximum absolute atomic E-state index is 12.3. The topological polar surface area (TPSA) is 69.6 Å². The fourth-order valence-corrected chi connectivity index (χ4v) is 2.88. The number of amides is 2. The highest BCUT2D eigenvalue weighted by Crippen LogP contribution is 2.24. The third-order valence-corrected chi connectivity index (χ3v) is 4.21. The molecule has 3 atom stereocenters. The highest BCUT2D eigenvalue weighted by molar-refractivity contribution is 5.78. The summed E-state index contributed by atoms with van der Waals surface area (Å²) in [6, 6.07) is 7.62. The molecule has 1 fully saturated rings. The van der Waals surface area contributed by atoms with E-state index in [9.17, 15) is 9.59 Å². The Morgan fingerprint density at radius 2 is 2.00 bits per heavy atom. The van der Waals surface area contributed by atoms with Gasteiger partial charge in [-0.05, 0) is 30.9 Å². The molecule has 0 saturated carbocycles. The Labute approximate surface area is 125 Å². The number of carboxylic acids is 1. The fourth-order valence-electron chi connectivity index (χ4n) is 2.88. The summed E-state index contributed by atoms with van der Waals surface area (Å²) in [7, 11) is 0. The first kappa shape index (κ1) is 15.4. The lowest BCUT2D eigenvalue weighted by molar-refractivity contribution is -0.142. The van der Waals surface area contributed by atoms with E-state index in [2.05, 4.69) is 5.32 Å². The Kier molecular flexibility index (Phi) is 4.50. The minimum absolute atomic E-state index is 0.0120. The molecule has 0 aliphatic carbocycles. The molecule has 0 radical (unpaired) electrons. The molecule has 1 heterocycles. The van der Waals surface area contributed by atoms with E-state index in [4.69, 9.17) is 5.11 Å². The van der Waals surface area contributed by atoms with E-state index in [1.54, 1.807) is 4.90 Å². The smallest absolute Gasteiger partial charge is 0.317 e. The zero-order valence-electron chi connectivity index (χ0n) is 12.7. The number of carbonyl (C=O) groups is 2. The normalized spacial score (nSPS) is 22.9. The molecule has 21 heavy (non-hydrogen) atoms. The number of likely N-dealkylation sites (tertiary alicyclic amines) is 1. The van der Waals surface area contributed by atoms with Gasteiger partial charge in [0.25, 0.3) is 0 Å². The second-order valence-electron chi connectivity index (χ2n) is 5.85. The first-order valence-corrected chi connectivity index (χ1v) is 7.24. The van der Waals surface area contributed by atoms with Gasteiger partial charge < -0.3 is 15.3 Å². The molecular weight excluding hydrogens is 268 g/mol. The maximum Gasteiger partial charge on any atom is 0.317 e. The highest BCUT2D eigenvalue weighted by Gasteiger charge is 2.37. The minimum atomic E-state index is -0.829. The summed E-state index contributed by atoms with van der Waals surface area (Å²) in [5, 5.41) is 12.1. The van der Waals surface area contributed by atoms with Crippen molar-refractivity contribution in [3.8, 4) is 0 Å². The van der Waals surface area contributed by atoms with Crippen LogP contribution in [0.1, 0.15) is 31.0 Å². The van der Waals surface area contributed by atoms with E-state index in [-0.39, 0.29) is 24.5 Å². The fraction of sp³-hybridized carbons (Fsp3) is 0.500. The van der Waals surface area contributed by atoms with Gasteiger partial charge in [-0.1, -0.05) is 31.2 Å². The van der Waals surface area contributed by atoms with Crippen molar-refractivity contribution in [1.82, 2.24) is 10.2 Å². The Hall–Kier alpha value is -2.04. The maximum atomic E-state index is 12.3. The molecule has 0 spiro atoms. The zero-order valence-corrected chi connectivity index (χ0v) is 12.7. The van der Waals surface area contributed by atoms with Crippen molar-refractivity contribution in [3.05, 3.63) is 35.4 Å². The van der Waals surface area contributed by atoms with Gasteiger partial charge in [-0.3, -0.25) is 4.79 Å². The molecular formula is C16H22N2O3. The molecule has 0 bridgehead atoms. The second kappa shape index (κ2) is 6.16. The van der Waals surface area contributed by atoms with Crippen LogP contribution in [0, 0.1) is 18.8 Å². The Morgan fingerprint density at radius 1 is 1.33 bits per heavy atom. The van der Waals surface area contributed by atoms with E-state index in [0.717, 1.165) is 11.1 Å². The average Bonchev–Trinajstić information content (AvgIpc) is 2.81. The van der Waals surface area contributed by atoms with Gasteiger partial charge in [-0.2, -0.15) is 0 Å². The van der Waals surface area contributed by atoms with Gasteiger partial charge in [0, 0.05) is 13.1 Å². The third-order valence-electron chi connectivity index (χ3n) is 4.21. The number of benzene rings is 1. The van der Waals surface area contributed by atoms with Crippen molar-refractivity contribution in [2.24, 2.45) is 11.8 Å². The van der Waals surface area contributed by atoms with E-state index in [0.29, 0.717) is 6.54 Å². The minimum Gasteiger partial charge on any atom is -0.481 e. The number of hydrogen-bond donors (Lipinski definition) is 2. The zero-order chi connectivity index (χ0) is 15.6. The number of nitrogens with zero attached hydrogens (tertiary/aromatic N) is 1. The second-order valence-corrected chi connectivity index (χ2v) is 5.85. The number of aliphatic carboxylic acids is 1. The predicted octanol–water partition coefficient (Wildman–Crippen LogP) is 2.42. The Balaban J connectivity index is 1.99. The number of hydrogen-bond acceptors (Lipinski definition) is 2. The molecule has 1 aromatic carbocycles. The van der Waals surface area contributed by atoms with Crippen LogP contribution < -0.4 is 5.32 Å². The number of urea groups is 1. The molecule has 5 nitrogen and oxygen atoms in total. The van der Waals surface area contributed by atoms with Crippen LogP contribution in [0.5, 0.6) is 0 Å². The Bertz CT molecular complexity index is 544. The number of nitrogens with one attached hydrogen (secondary N) is 1. The molecule has 114 valence electrons. The van der Waals surface area contributed by atoms with Gasteiger partial charge in [0.2, 0.25) is 0 Å². The molecule has 1 aliphatic rings. The lowest BCUT2D eigenvalue weighted by Crippen LogP contribution is -2.40. The van der Waals surface area contributed by atoms with Gasteiger partial charge in [0.05, 0.1) is 12.0 Å². The Morgan fingerprint density at radius 3 is 2.57 bits per heavy atom. The van der Waals surface area contributed by atoms with Crippen molar-refractivity contribution in [2.75, 3.05) is 13.1 Å². The molecule has 1 aliphatic heterocycles. The predicted molar refractivity (Wildman–Crippen MR) is 80.0 cm³/mol. The quantitative estimate of drug-likeness (QED) is 0.898. The SMILES string of the molecule is Cc1ccccc1C(C)NC(=O)N1C[C@@H](C)[C@H](C(=O)O)C1. The van der Waals surface area contributed by atoms with Crippen LogP contribution in [-0.4, -0.2) is 35.1 Å². The van der Waals surface area contributed by atoms with Gasteiger partial charge >= 0.3 is 12.0 Å². The van der Waals surface area contributed by atoms with Crippen LogP contribution in [-0.2, 0) is 4.79 Å². The first-order chi connectivity index (χ1) is 9.90. The third kappa shape index (κ3) is 3.35. The number of aryl methyl sites for hydroxylation is 1. The summed E-state index contributed by atoms with van der Waals surface area (Å²) in [6.45, 7) is 6.59. The largest absolute Gasteiger partial charge is 0.481 e. The van der Waals surface area contributed by atoms with Crippen LogP contribution in [0.3, 0.4) is 0 Å². The van der Waals surface area contributed by atoms with Crippen molar-refractivity contribution >= 4 is 12.0 Å². The molecule has 2 N–H and O–H groups in total. The molecule has 5 heteroatoms. The van der Waals surface area contributed by atoms with Crippen LogP contribution in [0.15, 0.2) is 24.3 Å². The number of carbonyl (C=O) groups excluding carboxylic acids is 1. The van der Waals surface area contributed by atoms with Crippen LogP contribution in [0.25, 0.3) is 0 Å². The summed E-state index contributed by atoms with van der Waals surface area (Å²) in [4.78, 5) is 25.0. The molecule has 0 aromatic heterocycles. The standard InChI is InChI=1S/C16H22N2O3/c1-10-6-4-5-7-13(10)12(3)17-16(21)18-8-11(2)14(9-18)15(19)20/h4-7,11-12,14H,8-9H2,1-3H3,(H,17,21)(H,19,20)/t11-,12?,14-/m1/s1. The van der Waals surface area contributed by atoms with E-state index < -0.39 is 11.9 Å². The van der Waals surface area contributed by atoms with E-state index in [1.165, 1.54) is 0 Å². The van der Waals surface area contributed by atoms with Gasteiger partial charge in [0.1, 0.15) is 0 Å². The lowest BCUT2D eigenvalue weighted by atomic mass is 9.99. The number of carboxylic acid groups (broad SMARTS) is 1. The van der Waals surface area contributed by atoms with Crippen molar-refractivity contribution < 1.29 is 14.7 Å². The summed E-state index contributed by atoms with van der Waals surface area (Å²) >= 11 is 0. The summed E-state index contributed by atoms with van der Waals surface area (Å²) in [6.07, 6.45) is 0. The van der Waals surface area contributed by atoms with E-state index >= 15 is 0 Å². The molecule has 2 rings (SSSR count). The van der Waals surface area contributed by atoms with Crippen LogP contribution in [0.2, 0.25) is 0 Å². The van der Waals surface area contributed by atoms with Gasteiger partial charge in [-0.25, -0.2) is 4.79 Å². The summed E-state index contributed by atoms with van der Waals surface area (Å²) in [5.74, 6) is -1.31. The van der Waals surface area contributed by atoms with Crippen molar-refractivity contribution in [3.63, 3.8) is 0 Å². The van der Waals surface area contributed by atoms with E-state index in [1.807, 2.05) is 45.0 Å². The average molecular weight is 290 g/mol. The van der Waals surface area contributed by atoms with Gasteiger partial charge in [0.15, 0.2) is 0 Å². The molecule has 1 saturated heterocycles. The highest BCUT2D eigenvalue weighted by atomic mass is 16.4. The summed E-state index contributed by atoms with van der Waals surface area (Å²) in [5.41, 5.74) is 2.20. The van der Waals surface area contributed by atoms with Crippen LogP contribution in [0.4, 0.5) is 4.79 Å². The molecule has 2 amide bonds. The molecule has 1 aromatic rings. The van der Waals surface area contributed by atoms with Crippen molar-refractivity contribution in [1.29, 1.82) is 0 Å². The first-order valence-electron chi connectivity index (χ1n) is 7.24. The summed E-state index contributed by atoms with van der Waals surface area (Å²) < 4.78 is 0. The monoisotopic (exact) mass is 290 g/mol. The van der Waals surface area contributed by atoms with Crippen molar-refractivity contribution in [2.45, 2.75) is 26.8 Å². The molecule has 1 unspecified atom stereocenters. The number of rotatable bonds is 3. The lowest BCUT2D eigenvalue weighted by Gasteiger charge is -2.22.